The molecule has 1 aliphatic heterocycles. The Morgan fingerprint density at radius 2 is 1.24 bits per heavy atom. The predicted molar refractivity (Wildman–Crippen MR) is 105 cm³/mol. The molecular weight excluding hydrogens is 368 g/mol. The van der Waals surface area contributed by atoms with Crippen molar-refractivity contribution < 1.29 is 8.83 Å². The van der Waals surface area contributed by atoms with E-state index in [-0.39, 0.29) is 11.4 Å². The molecule has 2 aromatic heterocycles. The van der Waals surface area contributed by atoms with Crippen molar-refractivity contribution in [2.75, 3.05) is 23.7 Å². The van der Waals surface area contributed by atoms with Gasteiger partial charge in [0.2, 0.25) is 34.9 Å². The number of benzene rings is 1. The third-order valence-corrected chi connectivity index (χ3v) is 4.78. The van der Waals surface area contributed by atoms with Gasteiger partial charge in [0.1, 0.15) is 12.1 Å². The van der Waals surface area contributed by atoms with Crippen LogP contribution in [0.2, 0.25) is 0 Å². The summed E-state index contributed by atoms with van der Waals surface area (Å²) in [6.45, 7) is 1.38. The van der Waals surface area contributed by atoms with Crippen LogP contribution in [-0.4, -0.2) is 23.1 Å². The minimum Gasteiger partial charge on any atom is -0.423 e. The molecule has 4 rings (SSSR count). The van der Waals surface area contributed by atoms with Crippen LogP contribution in [0.4, 0.5) is 11.8 Å². The highest BCUT2D eigenvalue weighted by molar-refractivity contribution is 5.47. The molecule has 0 spiro atoms. The molecule has 0 saturated carbocycles. The highest BCUT2D eigenvalue weighted by atomic mass is 16.4. The van der Waals surface area contributed by atoms with Crippen LogP contribution in [0, 0.1) is 22.7 Å². The van der Waals surface area contributed by atoms with Crippen LogP contribution in [0.25, 0.3) is 0 Å². The summed E-state index contributed by atoms with van der Waals surface area (Å²) in [7, 11) is 0. The molecule has 8 nitrogen and oxygen atoms in total. The molecule has 146 valence electrons. The fraction of sp³-hybridized carbons (Fsp3) is 0.333. The second-order valence-electron chi connectivity index (χ2n) is 6.83. The number of oxazole rings is 2. The molecule has 2 N–H and O–H groups in total. The Hall–Kier alpha value is -3.78. The van der Waals surface area contributed by atoms with Crippen molar-refractivity contribution in [2.24, 2.45) is 0 Å². The number of nitriles is 2. The van der Waals surface area contributed by atoms with Crippen LogP contribution < -0.4 is 10.6 Å². The third kappa shape index (κ3) is 4.22. The first-order valence-electron chi connectivity index (χ1n) is 9.61. The highest BCUT2D eigenvalue weighted by Gasteiger charge is 2.17. The zero-order valence-electron chi connectivity index (χ0n) is 15.9. The van der Waals surface area contributed by atoms with E-state index in [4.69, 9.17) is 8.83 Å². The van der Waals surface area contributed by atoms with Gasteiger partial charge in [0.05, 0.1) is 0 Å². The summed E-state index contributed by atoms with van der Waals surface area (Å²) in [5, 5.41) is 25.1. The molecule has 0 fully saturated rings. The van der Waals surface area contributed by atoms with E-state index in [1.54, 1.807) is 0 Å². The molecule has 0 atom stereocenters. The van der Waals surface area contributed by atoms with Crippen molar-refractivity contribution in [1.82, 2.24) is 9.97 Å². The lowest BCUT2D eigenvalue weighted by atomic mass is 10.0. The zero-order chi connectivity index (χ0) is 20.1. The van der Waals surface area contributed by atoms with Gasteiger partial charge in [-0.3, -0.25) is 0 Å². The van der Waals surface area contributed by atoms with Gasteiger partial charge in [-0.2, -0.15) is 10.5 Å². The van der Waals surface area contributed by atoms with Crippen LogP contribution in [0.3, 0.4) is 0 Å². The van der Waals surface area contributed by atoms with Crippen LogP contribution in [0.1, 0.15) is 53.6 Å². The minimum atomic E-state index is 0.274. The Labute approximate surface area is 168 Å². The van der Waals surface area contributed by atoms with Gasteiger partial charge in [-0.05, 0) is 30.4 Å². The van der Waals surface area contributed by atoms with Gasteiger partial charge in [0.15, 0.2) is 0 Å². The molecule has 1 aliphatic rings. The highest BCUT2D eigenvalue weighted by Crippen LogP contribution is 2.24. The molecule has 0 unspecified atom stereocenters. The van der Waals surface area contributed by atoms with Gasteiger partial charge < -0.3 is 19.5 Å². The number of rotatable bonds is 0. The number of nitrogens with one attached hydrogen (secondary N) is 2. The predicted octanol–water partition coefficient (Wildman–Crippen LogP) is 3.60. The number of fused-ring (bicyclic) bond motifs is 5. The maximum Gasteiger partial charge on any atom is 0.232 e. The first-order valence-corrected chi connectivity index (χ1v) is 9.61. The Morgan fingerprint density at radius 1 is 0.759 bits per heavy atom. The Kier molecular flexibility index (Phi) is 5.44. The average Bonchev–Trinajstić information content (AvgIpc) is 3.31. The average molecular weight is 388 g/mol. The van der Waals surface area contributed by atoms with E-state index >= 15 is 0 Å². The molecule has 0 saturated heterocycles. The lowest BCUT2D eigenvalue weighted by Gasteiger charge is -2.06. The van der Waals surface area contributed by atoms with Crippen LogP contribution in [-0.2, 0) is 12.8 Å². The van der Waals surface area contributed by atoms with E-state index < -0.39 is 0 Å². The second kappa shape index (κ2) is 8.49. The lowest BCUT2D eigenvalue weighted by Crippen LogP contribution is -2.05. The summed E-state index contributed by atoms with van der Waals surface area (Å²) in [5.41, 5.74) is 2.55. The lowest BCUT2D eigenvalue weighted by molar-refractivity contribution is 0.511. The van der Waals surface area contributed by atoms with Crippen molar-refractivity contribution in [2.45, 2.75) is 32.1 Å². The van der Waals surface area contributed by atoms with Crippen LogP contribution >= 0.6 is 0 Å². The smallest absolute Gasteiger partial charge is 0.232 e. The summed E-state index contributed by atoms with van der Waals surface area (Å²) < 4.78 is 11.6. The number of anilines is 2. The largest absolute Gasteiger partial charge is 0.423 e. The zero-order valence-corrected chi connectivity index (χ0v) is 15.9. The van der Waals surface area contributed by atoms with E-state index in [1.165, 1.54) is 0 Å². The summed E-state index contributed by atoms with van der Waals surface area (Å²) >= 11 is 0. The topological polar surface area (TPSA) is 124 Å². The molecule has 1 aromatic carbocycles. The van der Waals surface area contributed by atoms with E-state index in [0.29, 0.717) is 49.5 Å². The van der Waals surface area contributed by atoms with Gasteiger partial charge in [0.25, 0.3) is 0 Å². The van der Waals surface area contributed by atoms with Crippen molar-refractivity contribution in [3.8, 4) is 12.1 Å². The maximum absolute atomic E-state index is 9.35. The monoisotopic (exact) mass is 388 g/mol. The molecule has 8 heteroatoms. The number of hydrogen-bond acceptors (Lipinski definition) is 8. The van der Waals surface area contributed by atoms with Gasteiger partial charge in [-0.25, -0.2) is 9.97 Å². The summed E-state index contributed by atoms with van der Waals surface area (Å²) in [6, 6.07) is 12.0. The minimum absolute atomic E-state index is 0.274. The van der Waals surface area contributed by atoms with Crippen LogP contribution in [0.15, 0.2) is 33.1 Å². The summed E-state index contributed by atoms with van der Waals surface area (Å²) in [5.74, 6) is 1.82. The van der Waals surface area contributed by atoms with Gasteiger partial charge >= 0.3 is 0 Å². The van der Waals surface area contributed by atoms with Gasteiger partial charge in [-0.15, -0.1) is 0 Å². The van der Waals surface area contributed by atoms with Crippen molar-refractivity contribution >= 4 is 11.8 Å². The molecule has 3 aromatic rings. The van der Waals surface area contributed by atoms with Gasteiger partial charge in [0, 0.05) is 25.9 Å². The Morgan fingerprint density at radius 3 is 1.69 bits per heavy atom. The van der Waals surface area contributed by atoms with Crippen molar-refractivity contribution in [3.05, 3.63) is 58.6 Å². The molecular formula is C21H20N6O2. The second-order valence-corrected chi connectivity index (χ2v) is 6.83. The molecule has 3 heterocycles. The first kappa shape index (κ1) is 18.6. The number of hydrogen-bond donors (Lipinski definition) is 2. The quantitative estimate of drug-likeness (QED) is 0.599. The fourth-order valence-electron chi connectivity index (χ4n) is 3.33. The molecule has 29 heavy (non-hydrogen) atoms. The molecule has 4 bridgehead atoms. The van der Waals surface area contributed by atoms with Crippen molar-refractivity contribution in [3.63, 3.8) is 0 Å². The van der Waals surface area contributed by atoms with Crippen LogP contribution in [0.5, 0.6) is 0 Å². The van der Waals surface area contributed by atoms with E-state index in [1.807, 2.05) is 24.3 Å². The first-order chi connectivity index (χ1) is 14.3. The Bertz CT molecular complexity index is 1000. The fourth-order valence-corrected chi connectivity index (χ4v) is 3.33. The van der Waals surface area contributed by atoms with E-state index in [0.717, 1.165) is 30.4 Å². The van der Waals surface area contributed by atoms with E-state index in [2.05, 4.69) is 32.7 Å². The normalized spacial score (nSPS) is 14.4. The Balaban J connectivity index is 1.68. The molecule has 0 amide bonds. The van der Waals surface area contributed by atoms with E-state index in [9.17, 15) is 10.5 Å². The van der Waals surface area contributed by atoms with Gasteiger partial charge in [-0.1, -0.05) is 24.3 Å². The SMILES string of the molecule is N#Cc1nc2oc1NCCCCCNc1oc(nc1C#N)Cc1ccccc1C2. The number of nitrogens with zero attached hydrogens (tertiary/aromatic N) is 4. The summed E-state index contributed by atoms with van der Waals surface area (Å²) in [4.78, 5) is 8.66. The maximum atomic E-state index is 9.35. The third-order valence-electron chi connectivity index (χ3n) is 4.78. The standard InChI is InChI=1S/C21H20N6O2/c22-12-16-20-24-8-4-1-5-9-25-21-17(13-23)27-19(29-21)11-15-7-3-2-6-14(15)10-18(26-16)28-20/h2-3,6-7,24-25H,1,4-5,8-11H2. The number of aromatic nitrogens is 2. The molecule has 0 aliphatic carbocycles. The molecule has 0 radical (unpaired) electrons. The van der Waals surface area contributed by atoms with Crippen molar-refractivity contribution in [1.29, 1.82) is 10.5 Å². The summed E-state index contributed by atoms with van der Waals surface area (Å²) in [6.07, 6.45) is 3.69.